The fourth-order valence-corrected chi connectivity index (χ4v) is 2.42. The van der Waals surface area contributed by atoms with Crippen molar-refractivity contribution in [1.29, 1.82) is 0 Å². The Bertz CT molecular complexity index is 739. The molecule has 1 aliphatic rings. The maximum atomic E-state index is 10.9. The highest BCUT2D eigenvalue weighted by Crippen LogP contribution is 2.47. The lowest BCUT2D eigenvalue weighted by Gasteiger charge is -2.04. The van der Waals surface area contributed by atoms with Gasteiger partial charge in [0, 0.05) is 5.92 Å². The summed E-state index contributed by atoms with van der Waals surface area (Å²) >= 11 is 6.00. The summed E-state index contributed by atoms with van der Waals surface area (Å²) < 4.78 is 5.69. The average Bonchev–Trinajstić information content (AvgIpc) is 3.03. The smallest absolute Gasteiger partial charge is 0.335 e. The Morgan fingerprint density at radius 2 is 2.23 bits per heavy atom. The molecule has 114 valence electrons. The number of nitrogens with one attached hydrogen (secondary N) is 1. The number of carboxylic acids is 1. The maximum Gasteiger partial charge on any atom is 0.335 e. The van der Waals surface area contributed by atoms with Gasteiger partial charge < -0.3 is 9.52 Å². The van der Waals surface area contributed by atoms with Crippen LogP contribution in [0.1, 0.15) is 41.1 Å². The van der Waals surface area contributed by atoms with E-state index in [0.29, 0.717) is 28.3 Å². The molecular weight excluding hydrogens is 304 g/mol. The SMILES string of the molecule is C[C@@H]1C[C@H]1c1ccc(/C=N\Nc2cc(C(=O)O)ccc2Cl)o1. The predicted octanol–water partition coefficient (Wildman–Crippen LogP) is 4.20. The van der Waals surface area contributed by atoms with E-state index in [1.54, 1.807) is 6.21 Å². The zero-order chi connectivity index (χ0) is 15.7. The first-order chi connectivity index (χ1) is 10.5. The quantitative estimate of drug-likeness (QED) is 0.640. The molecule has 2 aromatic rings. The van der Waals surface area contributed by atoms with Crippen molar-refractivity contribution in [2.45, 2.75) is 19.3 Å². The number of nitrogens with zero attached hydrogens (tertiary/aromatic N) is 1. The second-order valence-corrected chi connectivity index (χ2v) is 5.84. The van der Waals surface area contributed by atoms with E-state index in [1.807, 2.05) is 12.1 Å². The highest BCUT2D eigenvalue weighted by atomic mass is 35.5. The summed E-state index contributed by atoms with van der Waals surface area (Å²) in [6.07, 6.45) is 2.71. The third-order valence-electron chi connectivity index (χ3n) is 3.71. The number of carbonyl (C=O) groups is 1. The Labute approximate surface area is 132 Å². The summed E-state index contributed by atoms with van der Waals surface area (Å²) in [5.74, 6) is 1.83. The first-order valence-electron chi connectivity index (χ1n) is 6.96. The molecule has 22 heavy (non-hydrogen) atoms. The lowest BCUT2D eigenvalue weighted by molar-refractivity contribution is 0.0697. The standard InChI is InChI=1S/C16H15ClN2O3/c1-9-6-12(9)15-5-3-11(22-15)8-18-19-14-7-10(16(20)21)2-4-13(14)17/h2-5,7-9,12,19H,6H2,1H3,(H,20,21)/b18-8-/t9-,12-/m1/s1. The van der Waals surface area contributed by atoms with Gasteiger partial charge in [-0.25, -0.2) is 4.79 Å². The molecule has 0 radical (unpaired) electrons. The average molecular weight is 319 g/mol. The van der Waals surface area contributed by atoms with Gasteiger partial charge in [-0.15, -0.1) is 0 Å². The third kappa shape index (κ3) is 3.14. The second-order valence-electron chi connectivity index (χ2n) is 5.43. The van der Waals surface area contributed by atoms with Gasteiger partial charge >= 0.3 is 5.97 Å². The van der Waals surface area contributed by atoms with Gasteiger partial charge in [0.05, 0.1) is 22.5 Å². The number of carboxylic acid groups (broad SMARTS) is 1. The van der Waals surface area contributed by atoms with Gasteiger partial charge in [0.25, 0.3) is 0 Å². The number of anilines is 1. The second kappa shape index (κ2) is 5.85. The fraction of sp³-hybridized carbons (Fsp3) is 0.250. The molecule has 3 rings (SSSR count). The molecule has 0 aliphatic heterocycles. The fourth-order valence-electron chi connectivity index (χ4n) is 2.27. The van der Waals surface area contributed by atoms with Crippen LogP contribution in [0.2, 0.25) is 5.02 Å². The van der Waals surface area contributed by atoms with E-state index in [1.165, 1.54) is 24.6 Å². The molecule has 1 aromatic carbocycles. The minimum atomic E-state index is -1.02. The van der Waals surface area contributed by atoms with Crippen molar-refractivity contribution in [3.05, 3.63) is 52.4 Å². The molecular formula is C16H15ClN2O3. The van der Waals surface area contributed by atoms with Crippen molar-refractivity contribution in [3.8, 4) is 0 Å². The van der Waals surface area contributed by atoms with Gasteiger partial charge in [-0.2, -0.15) is 5.10 Å². The highest BCUT2D eigenvalue weighted by Gasteiger charge is 2.36. The number of aromatic carboxylic acids is 1. The van der Waals surface area contributed by atoms with E-state index in [2.05, 4.69) is 17.5 Å². The normalized spacial score (nSPS) is 20.3. The zero-order valence-electron chi connectivity index (χ0n) is 11.9. The van der Waals surface area contributed by atoms with Crippen LogP contribution < -0.4 is 5.43 Å². The topological polar surface area (TPSA) is 74.8 Å². The van der Waals surface area contributed by atoms with Crippen LogP contribution in [0.5, 0.6) is 0 Å². The molecule has 2 N–H and O–H groups in total. The number of hydrogen-bond acceptors (Lipinski definition) is 4. The van der Waals surface area contributed by atoms with Crippen LogP contribution in [0.4, 0.5) is 5.69 Å². The summed E-state index contributed by atoms with van der Waals surface area (Å²) in [6, 6.07) is 8.22. The van der Waals surface area contributed by atoms with E-state index >= 15 is 0 Å². The van der Waals surface area contributed by atoms with Crippen molar-refractivity contribution >= 4 is 29.5 Å². The third-order valence-corrected chi connectivity index (χ3v) is 4.04. The minimum absolute atomic E-state index is 0.144. The van der Waals surface area contributed by atoms with Crippen LogP contribution in [0.15, 0.2) is 39.9 Å². The van der Waals surface area contributed by atoms with Crippen LogP contribution in [0.3, 0.4) is 0 Å². The lowest BCUT2D eigenvalue weighted by atomic mass is 10.2. The Kier molecular flexibility index (Phi) is 3.90. The predicted molar refractivity (Wildman–Crippen MR) is 84.9 cm³/mol. The van der Waals surface area contributed by atoms with E-state index in [4.69, 9.17) is 21.1 Å². The Morgan fingerprint density at radius 3 is 2.91 bits per heavy atom. The number of furan rings is 1. The molecule has 6 heteroatoms. The molecule has 0 saturated heterocycles. The van der Waals surface area contributed by atoms with Gasteiger partial charge in [0.2, 0.25) is 0 Å². The molecule has 0 unspecified atom stereocenters. The molecule has 0 spiro atoms. The van der Waals surface area contributed by atoms with Crippen LogP contribution >= 0.6 is 11.6 Å². The van der Waals surface area contributed by atoms with E-state index < -0.39 is 5.97 Å². The van der Waals surface area contributed by atoms with E-state index in [0.717, 1.165) is 5.76 Å². The molecule has 2 atom stereocenters. The molecule has 0 amide bonds. The van der Waals surface area contributed by atoms with Crippen molar-refractivity contribution in [1.82, 2.24) is 0 Å². The van der Waals surface area contributed by atoms with Gasteiger partial charge in [0.1, 0.15) is 11.5 Å². The molecule has 5 nitrogen and oxygen atoms in total. The molecule has 1 heterocycles. The monoisotopic (exact) mass is 318 g/mol. The minimum Gasteiger partial charge on any atom is -0.478 e. The van der Waals surface area contributed by atoms with E-state index in [-0.39, 0.29) is 5.56 Å². The zero-order valence-corrected chi connectivity index (χ0v) is 12.7. The molecule has 1 fully saturated rings. The Balaban J connectivity index is 1.68. The number of hydrogen-bond donors (Lipinski definition) is 2. The van der Waals surface area contributed by atoms with Crippen LogP contribution in [0, 0.1) is 5.92 Å². The number of rotatable bonds is 5. The van der Waals surface area contributed by atoms with Crippen molar-refractivity contribution in [3.63, 3.8) is 0 Å². The summed E-state index contributed by atoms with van der Waals surface area (Å²) in [7, 11) is 0. The van der Waals surface area contributed by atoms with Gasteiger partial charge in [-0.1, -0.05) is 18.5 Å². The van der Waals surface area contributed by atoms with Gasteiger partial charge in [-0.05, 0) is 42.7 Å². The largest absolute Gasteiger partial charge is 0.478 e. The maximum absolute atomic E-state index is 10.9. The number of halogens is 1. The van der Waals surface area contributed by atoms with Gasteiger partial charge in [0.15, 0.2) is 0 Å². The first-order valence-corrected chi connectivity index (χ1v) is 7.34. The molecule has 1 saturated carbocycles. The Hall–Kier alpha value is -2.27. The number of hydrazone groups is 1. The summed E-state index contributed by atoms with van der Waals surface area (Å²) in [4.78, 5) is 10.9. The Morgan fingerprint density at radius 1 is 1.45 bits per heavy atom. The lowest BCUT2D eigenvalue weighted by Crippen LogP contribution is -1.98. The van der Waals surface area contributed by atoms with Crippen LogP contribution in [0.25, 0.3) is 0 Å². The first kappa shape index (κ1) is 14.7. The van der Waals surface area contributed by atoms with Crippen molar-refractivity contribution in [2.24, 2.45) is 11.0 Å². The number of benzene rings is 1. The summed E-state index contributed by atoms with van der Waals surface area (Å²) in [5, 5.41) is 13.4. The highest BCUT2D eigenvalue weighted by molar-refractivity contribution is 6.33. The molecule has 0 bridgehead atoms. The van der Waals surface area contributed by atoms with Gasteiger partial charge in [-0.3, -0.25) is 5.43 Å². The van der Waals surface area contributed by atoms with Crippen LogP contribution in [-0.2, 0) is 0 Å². The van der Waals surface area contributed by atoms with Crippen LogP contribution in [-0.4, -0.2) is 17.3 Å². The van der Waals surface area contributed by atoms with Crippen molar-refractivity contribution < 1.29 is 14.3 Å². The molecule has 1 aliphatic carbocycles. The van der Waals surface area contributed by atoms with Crippen molar-refractivity contribution in [2.75, 3.05) is 5.43 Å². The molecule has 1 aromatic heterocycles. The summed E-state index contributed by atoms with van der Waals surface area (Å²) in [5.41, 5.74) is 3.31. The summed E-state index contributed by atoms with van der Waals surface area (Å²) in [6.45, 7) is 2.19. The van der Waals surface area contributed by atoms with E-state index in [9.17, 15) is 4.79 Å².